The highest BCUT2D eigenvalue weighted by Crippen LogP contribution is 2.21. The smallest absolute Gasteiger partial charge is 0.253 e. The van der Waals surface area contributed by atoms with Crippen molar-refractivity contribution in [3.63, 3.8) is 0 Å². The lowest BCUT2D eigenvalue weighted by atomic mass is 10.1. The van der Waals surface area contributed by atoms with Crippen LogP contribution in [0.25, 0.3) is 0 Å². The molecule has 166 valence electrons. The molecule has 0 saturated carbocycles. The fraction of sp³-hybridized carbons (Fsp3) is 0.208. The first kappa shape index (κ1) is 22.0. The third-order valence-corrected chi connectivity index (χ3v) is 7.26. The molecule has 0 aliphatic carbocycles. The van der Waals surface area contributed by atoms with Gasteiger partial charge in [0.15, 0.2) is 0 Å². The van der Waals surface area contributed by atoms with Gasteiger partial charge in [0.2, 0.25) is 10.0 Å². The minimum atomic E-state index is -3.94. The normalized spacial score (nSPS) is 14.8. The van der Waals surface area contributed by atoms with Gasteiger partial charge in [0.05, 0.1) is 0 Å². The molecular weight excluding hydrogens is 431 g/mol. The molecule has 0 N–H and O–H groups in total. The van der Waals surface area contributed by atoms with Gasteiger partial charge in [-0.05, 0) is 42.0 Å². The summed E-state index contributed by atoms with van der Waals surface area (Å²) in [5.74, 6) is -0.297. The molecule has 1 heterocycles. The number of carbonyl (C=O) groups is 1. The van der Waals surface area contributed by atoms with Crippen LogP contribution in [0.4, 0.5) is 4.39 Å². The maximum atomic E-state index is 14.0. The van der Waals surface area contributed by atoms with Crippen molar-refractivity contribution in [1.29, 1.82) is 0 Å². The van der Waals surface area contributed by atoms with Crippen LogP contribution in [-0.2, 0) is 16.6 Å². The van der Waals surface area contributed by atoms with Gasteiger partial charge in [-0.25, -0.2) is 12.8 Å². The summed E-state index contributed by atoms with van der Waals surface area (Å²) in [6.45, 7) is 1.13. The highest BCUT2D eigenvalue weighted by atomic mass is 32.2. The fourth-order valence-corrected chi connectivity index (χ4v) is 5.03. The minimum Gasteiger partial charge on any atom is -0.489 e. The van der Waals surface area contributed by atoms with Crippen molar-refractivity contribution in [3.05, 3.63) is 95.8 Å². The van der Waals surface area contributed by atoms with E-state index in [-0.39, 0.29) is 37.0 Å². The van der Waals surface area contributed by atoms with Crippen LogP contribution in [0.3, 0.4) is 0 Å². The van der Waals surface area contributed by atoms with Crippen molar-refractivity contribution in [2.75, 3.05) is 26.2 Å². The van der Waals surface area contributed by atoms with Gasteiger partial charge in [-0.3, -0.25) is 4.79 Å². The lowest BCUT2D eigenvalue weighted by Gasteiger charge is -2.34. The number of benzene rings is 3. The Labute approximate surface area is 186 Å². The summed E-state index contributed by atoms with van der Waals surface area (Å²) < 4.78 is 46.4. The number of carbonyl (C=O) groups excluding carboxylic acids is 1. The van der Waals surface area contributed by atoms with Gasteiger partial charge in [-0.15, -0.1) is 0 Å². The predicted octanol–water partition coefficient (Wildman–Crippen LogP) is 3.55. The topological polar surface area (TPSA) is 66.9 Å². The van der Waals surface area contributed by atoms with Crippen LogP contribution in [-0.4, -0.2) is 49.7 Å². The molecule has 0 aromatic heterocycles. The van der Waals surface area contributed by atoms with E-state index in [0.29, 0.717) is 17.9 Å². The molecule has 1 fully saturated rings. The second-order valence-corrected chi connectivity index (χ2v) is 9.33. The molecule has 6 nitrogen and oxygen atoms in total. The maximum Gasteiger partial charge on any atom is 0.253 e. The lowest BCUT2D eigenvalue weighted by Crippen LogP contribution is -2.50. The molecule has 0 spiro atoms. The zero-order valence-corrected chi connectivity index (χ0v) is 18.2. The Kier molecular flexibility index (Phi) is 6.53. The Hall–Kier alpha value is -3.23. The van der Waals surface area contributed by atoms with E-state index in [4.69, 9.17) is 4.74 Å². The van der Waals surface area contributed by atoms with E-state index in [0.717, 1.165) is 11.6 Å². The van der Waals surface area contributed by atoms with Gasteiger partial charge in [-0.1, -0.05) is 42.5 Å². The minimum absolute atomic E-state index is 0.112. The molecule has 3 aromatic carbocycles. The molecule has 8 heteroatoms. The second-order valence-electron chi connectivity index (χ2n) is 7.43. The highest BCUT2D eigenvalue weighted by Gasteiger charge is 2.32. The van der Waals surface area contributed by atoms with E-state index < -0.39 is 15.8 Å². The fourth-order valence-electron chi connectivity index (χ4n) is 3.54. The lowest BCUT2D eigenvalue weighted by molar-refractivity contribution is 0.0697. The van der Waals surface area contributed by atoms with E-state index in [1.165, 1.54) is 22.5 Å². The molecule has 32 heavy (non-hydrogen) atoms. The van der Waals surface area contributed by atoms with Crippen LogP contribution in [0, 0.1) is 5.82 Å². The SMILES string of the molecule is O=C(c1ccc(OCc2ccccc2)cc1)N1CCN(S(=O)(=O)c2ccccc2F)CC1. The van der Waals surface area contributed by atoms with Gasteiger partial charge in [0.25, 0.3) is 5.91 Å². The highest BCUT2D eigenvalue weighted by molar-refractivity contribution is 7.89. The Balaban J connectivity index is 1.34. The average molecular weight is 455 g/mol. The Bertz CT molecular complexity index is 1180. The van der Waals surface area contributed by atoms with Gasteiger partial charge < -0.3 is 9.64 Å². The molecular formula is C24H23FN2O4S. The number of sulfonamides is 1. The van der Waals surface area contributed by atoms with Crippen molar-refractivity contribution in [1.82, 2.24) is 9.21 Å². The van der Waals surface area contributed by atoms with Crippen LogP contribution in [0.15, 0.2) is 83.8 Å². The van der Waals surface area contributed by atoms with Crippen molar-refractivity contribution in [3.8, 4) is 5.75 Å². The Morgan fingerprint density at radius 2 is 1.47 bits per heavy atom. The quantitative estimate of drug-likeness (QED) is 0.571. The second kappa shape index (κ2) is 9.50. The predicted molar refractivity (Wildman–Crippen MR) is 118 cm³/mol. The summed E-state index contributed by atoms with van der Waals surface area (Å²) in [4.78, 5) is 14.1. The number of piperazine rings is 1. The van der Waals surface area contributed by atoms with Gasteiger partial charge >= 0.3 is 0 Å². The van der Waals surface area contributed by atoms with E-state index in [1.54, 1.807) is 29.2 Å². The first-order chi connectivity index (χ1) is 15.4. The van der Waals surface area contributed by atoms with E-state index in [1.807, 2.05) is 30.3 Å². The van der Waals surface area contributed by atoms with Crippen LogP contribution in [0.1, 0.15) is 15.9 Å². The number of ether oxygens (including phenoxy) is 1. The average Bonchev–Trinajstić information content (AvgIpc) is 2.83. The van der Waals surface area contributed by atoms with Crippen LogP contribution < -0.4 is 4.74 Å². The Morgan fingerprint density at radius 1 is 0.844 bits per heavy atom. The molecule has 1 saturated heterocycles. The molecule has 0 radical (unpaired) electrons. The summed E-state index contributed by atoms with van der Waals surface area (Å²) in [6.07, 6.45) is 0. The Morgan fingerprint density at radius 3 is 2.12 bits per heavy atom. The van der Waals surface area contributed by atoms with Crippen LogP contribution in [0.5, 0.6) is 5.75 Å². The monoisotopic (exact) mass is 454 g/mol. The molecule has 0 unspecified atom stereocenters. The number of hydrogen-bond acceptors (Lipinski definition) is 4. The zero-order valence-electron chi connectivity index (χ0n) is 17.4. The summed E-state index contributed by atoms with van der Waals surface area (Å²) in [5.41, 5.74) is 1.55. The zero-order chi connectivity index (χ0) is 22.6. The third-order valence-electron chi connectivity index (χ3n) is 5.33. The van der Waals surface area contributed by atoms with Gasteiger partial charge in [0.1, 0.15) is 23.1 Å². The van der Waals surface area contributed by atoms with Crippen molar-refractivity contribution < 1.29 is 22.3 Å². The number of nitrogens with zero attached hydrogens (tertiary/aromatic N) is 2. The van der Waals surface area contributed by atoms with Crippen molar-refractivity contribution in [2.24, 2.45) is 0 Å². The van der Waals surface area contributed by atoms with E-state index >= 15 is 0 Å². The molecule has 0 atom stereocenters. The van der Waals surface area contributed by atoms with Gasteiger partial charge in [-0.2, -0.15) is 4.31 Å². The first-order valence-electron chi connectivity index (χ1n) is 10.3. The van der Waals surface area contributed by atoms with Crippen LogP contribution in [0.2, 0.25) is 0 Å². The molecule has 1 amide bonds. The number of halogens is 1. The summed E-state index contributed by atoms with van der Waals surface area (Å²) >= 11 is 0. The van der Waals surface area contributed by atoms with Gasteiger partial charge in [0, 0.05) is 31.7 Å². The summed E-state index contributed by atoms with van der Waals surface area (Å²) in [6, 6.07) is 22.0. The molecule has 0 bridgehead atoms. The number of rotatable bonds is 6. The van der Waals surface area contributed by atoms with Crippen molar-refractivity contribution >= 4 is 15.9 Å². The van der Waals surface area contributed by atoms with E-state index in [2.05, 4.69) is 0 Å². The summed E-state index contributed by atoms with van der Waals surface area (Å²) in [5, 5.41) is 0. The molecule has 1 aliphatic heterocycles. The third kappa shape index (κ3) is 4.81. The first-order valence-corrected chi connectivity index (χ1v) is 11.7. The number of amides is 1. The molecule has 3 aromatic rings. The van der Waals surface area contributed by atoms with E-state index in [9.17, 15) is 17.6 Å². The largest absolute Gasteiger partial charge is 0.489 e. The van der Waals surface area contributed by atoms with Crippen molar-refractivity contribution in [2.45, 2.75) is 11.5 Å². The van der Waals surface area contributed by atoms with Crippen LogP contribution >= 0.6 is 0 Å². The molecule has 4 rings (SSSR count). The standard InChI is InChI=1S/C24H23FN2O4S/c25-22-8-4-5-9-23(22)32(29,30)27-16-14-26(15-17-27)24(28)20-10-12-21(13-11-20)31-18-19-6-2-1-3-7-19/h1-13H,14-18H2. The molecule has 1 aliphatic rings. The number of hydrogen-bond donors (Lipinski definition) is 0. The summed E-state index contributed by atoms with van der Waals surface area (Å²) in [7, 11) is -3.94. The maximum absolute atomic E-state index is 14.0.